The van der Waals surface area contributed by atoms with Gasteiger partial charge in [-0.2, -0.15) is 0 Å². The Hall–Kier alpha value is -0.120. The van der Waals surface area contributed by atoms with Gasteiger partial charge in [0.25, 0.3) is 0 Å². The molecule has 2 rings (SSSR count). The fourth-order valence-electron chi connectivity index (χ4n) is 3.71. The van der Waals surface area contributed by atoms with Gasteiger partial charge in [-0.05, 0) is 72.8 Å². The van der Waals surface area contributed by atoms with Crippen molar-refractivity contribution in [1.82, 2.24) is 9.80 Å². The number of hydrogen-bond donors (Lipinski definition) is 1. The van der Waals surface area contributed by atoms with Crippen molar-refractivity contribution in [3.63, 3.8) is 0 Å². The number of rotatable bonds is 3. The molecule has 2 aliphatic rings. The van der Waals surface area contributed by atoms with Gasteiger partial charge in [-0.15, -0.1) is 0 Å². The standard InChI is InChI=1S/C17H34N2O/c1-14(18-10-7-17(5,20)8-11-18)12-15-6-9-19(13-15)16(2,3)4/h14-15,20H,6-13H2,1-5H3. The van der Waals surface area contributed by atoms with Gasteiger partial charge in [0.1, 0.15) is 0 Å². The van der Waals surface area contributed by atoms with Gasteiger partial charge >= 0.3 is 0 Å². The van der Waals surface area contributed by atoms with E-state index in [1.807, 2.05) is 6.92 Å². The maximum absolute atomic E-state index is 10.0. The van der Waals surface area contributed by atoms with E-state index in [0.29, 0.717) is 11.6 Å². The van der Waals surface area contributed by atoms with Crippen LogP contribution in [0.3, 0.4) is 0 Å². The van der Waals surface area contributed by atoms with Gasteiger partial charge in [0.15, 0.2) is 0 Å². The summed E-state index contributed by atoms with van der Waals surface area (Å²) in [4.78, 5) is 5.21. The van der Waals surface area contributed by atoms with Crippen molar-refractivity contribution in [2.45, 2.75) is 77.5 Å². The smallest absolute Gasteiger partial charge is 0.0644 e. The molecule has 0 saturated carbocycles. The van der Waals surface area contributed by atoms with Crippen molar-refractivity contribution < 1.29 is 5.11 Å². The molecule has 2 atom stereocenters. The quantitative estimate of drug-likeness (QED) is 0.862. The molecule has 2 unspecified atom stereocenters. The normalized spacial score (nSPS) is 30.6. The Labute approximate surface area is 125 Å². The van der Waals surface area contributed by atoms with E-state index in [9.17, 15) is 5.11 Å². The third-order valence-corrected chi connectivity index (χ3v) is 5.41. The molecular weight excluding hydrogens is 248 g/mol. The second-order valence-electron chi connectivity index (χ2n) is 8.39. The fraction of sp³-hybridized carbons (Fsp3) is 1.00. The first kappa shape index (κ1) is 16.3. The van der Waals surface area contributed by atoms with Gasteiger partial charge in [-0.3, -0.25) is 4.90 Å². The number of hydrogen-bond acceptors (Lipinski definition) is 3. The van der Waals surface area contributed by atoms with Crippen LogP contribution >= 0.6 is 0 Å². The lowest BCUT2D eigenvalue weighted by atomic mass is 9.91. The average molecular weight is 282 g/mol. The Bertz CT molecular complexity index is 311. The third kappa shape index (κ3) is 4.19. The zero-order chi connectivity index (χ0) is 15.0. The second kappa shape index (κ2) is 5.94. The number of aliphatic hydroxyl groups is 1. The maximum atomic E-state index is 10.0. The summed E-state index contributed by atoms with van der Waals surface area (Å²) in [5.41, 5.74) is -0.103. The molecule has 0 aliphatic carbocycles. The molecule has 118 valence electrons. The number of likely N-dealkylation sites (tertiary alicyclic amines) is 2. The second-order valence-corrected chi connectivity index (χ2v) is 8.39. The van der Waals surface area contributed by atoms with Crippen LogP contribution < -0.4 is 0 Å². The summed E-state index contributed by atoms with van der Waals surface area (Å²) in [5.74, 6) is 0.853. The summed E-state index contributed by atoms with van der Waals surface area (Å²) < 4.78 is 0. The third-order valence-electron chi connectivity index (χ3n) is 5.41. The molecule has 0 amide bonds. The molecule has 2 aliphatic heterocycles. The van der Waals surface area contributed by atoms with Crippen molar-refractivity contribution in [2.24, 2.45) is 5.92 Å². The van der Waals surface area contributed by atoms with Gasteiger partial charge < -0.3 is 10.0 Å². The van der Waals surface area contributed by atoms with Crippen LogP contribution in [0.2, 0.25) is 0 Å². The van der Waals surface area contributed by atoms with Gasteiger partial charge in [0, 0.05) is 31.2 Å². The molecule has 3 heteroatoms. The van der Waals surface area contributed by atoms with E-state index in [1.54, 1.807) is 0 Å². The van der Waals surface area contributed by atoms with Crippen LogP contribution in [0.15, 0.2) is 0 Å². The predicted octanol–water partition coefficient (Wildman–Crippen LogP) is 2.73. The molecule has 20 heavy (non-hydrogen) atoms. The summed E-state index contributed by atoms with van der Waals surface area (Å²) in [5, 5.41) is 10.0. The SMILES string of the molecule is CC(CC1CCN(C(C)(C)C)C1)N1CCC(C)(O)CC1. The lowest BCUT2D eigenvalue weighted by Crippen LogP contribution is -2.46. The first-order valence-electron chi connectivity index (χ1n) is 8.39. The van der Waals surface area contributed by atoms with E-state index >= 15 is 0 Å². The molecule has 2 saturated heterocycles. The molecule has 0 aromatic rings. The van der Waals surface area contributed by atoms with Crippen LogP contribution in [0.25, 0.3) is 0 Å². The van der Waals surface area contributed by atoms with Gasteiger partial charge in [-0.25, -0.2) is 0 Å². The van der Waals surface area contributed by atoms with E-state index in [4.69, 9.17) is 0 Å². The highest BCUT2D eigenvalue weighted by atomic mass is 16.3. The molecule has 0 aromatic heterocycles. The van der Waals surface area contributed by atoms with Crippen LogP contribution in [0.5, 0.6) is 0 Å². The van der Waals surface area contributed by atoms with Crippen molar-refractivity contribution in [3.8, 4) is 0 Å². The topological polar surface area (TPSA) is 26.7 Å². The Morgan fingerprint density at radius 3 is 2.30 bits per heavy atom. The fourth-order valence-corrected chi connectivity index (χ4v) is 3.71. The molecule has 0 radical (unpaired) electrons. The van der Waals surface area contributed by atoms with E-state index in [1.165, 1.54) is 25.9 Å². The summed E-state index contributed by atoms with van der Waals surface area (Å²) in [6.45, 7) is 16.0. The van der Waals surface area contributed by atoms with Gasteiger partial charge in [-0.1, -0.05) is 0 Å². The Kier molecular flexibility index (Phi) is 4.83. The highest BCUT2D eigenvalue weighted by Gasteiger charge is 2.33. The summed E-state index contributed by atoms with van der Waals surface area (Å²) in [6.07, 6.45) is 4.52. The zero-order valence-corrected chi connectivity index (χ0v) is 14.2. The number of piperidine rings is 1. The molecule has 2 fully saturated rings. The first-order chi connectivity index (χ1) is 9.17. The van der Waals surface area contributed by atoms with Crippen molar-refractivity contribution in [1.29, 1.82) is 0 Å². The van der Waals surface area contributed by atoms with Crippen molar-refractivity contribution in [3.05, 3.63) is 0 Å². The Balaban J connectivity index is 1.77. The molecule has 0 spiro atoms. The number of nitrogens with zero attached hydrogens (tertiary/aromatic N) is 2. The van der Waals surface area contributed by atoms with Crippen LogP contribution in [0, 0.1) is 5.92 Å². The van der Waals surface area contributed by atoms with E-state index in [-0.39, 0.29) is 0 Å². The summed E-state index contributed by atoms with van der Waals surface area (Å²) >= 11 is 0. The molecule has 2 heterocycles. The van der Waals surface area contributed by atoms with E-state index in [2.05, 4.69) is 37.5 Å². The van der Waals surface area contributed by atoms with Crippen LogP contribution in [0.1, 0.15) is 60.3 Å². The zero-order valence-electron chi connectivity index (χ0n) is 14.2. The van der Waals surface area contributed by atoms with Crippen LogP contribution in [-0.4, -0.2) is 58.3 Å². The summed E-state index contributed by atoms with van der Waals surface area (Å²) in [6, 6.07) is 0.663. The molecule has 0 aromatic carbocycles. The van der Waals surface area contributed by atoms with Crippen molar-refractivity contribution >= 4 is 0 Å². The molecule has 3 nitrogen and oxygen atoms in total. The average Bonchev–Trinajstić information content (AvgIpc) is 2.77. The van der Waals surface area contributed by atoms with Gasteiger partial charge in [0.05, 0.1) is 5.60 Å². The first-order valence-corrected chi connectivity index (χ1v) is 8.39. The predicted molar refractivity (Wildman–Crippen MR) is 84.9 cm³/mol. The highest BCUT2D eigenvalue weighted by molar-refractivity contribution is 4.88. The minimum atomic E-state index is -0.424. The minimum absolute atomic E-state index is 0.321. The lowest BCUT2D eigenvalue weighted by Gasteiger charge is -2.40. The van der Waals surface area contributed by atoms with E-state index in [0.717, 1.165) is 31.8 Å². The van der Waals surface area contributed by atoms with Crippen molar-refractivity contribution in [2.75, 3.05) is 26.2 Å². The lowest BCUT2D eigenvalue weighted by molar-refractivity contribution is -0.0169. The highest BCUT2D eigenvalue weighted by Crippen LogP contribution is 2.30. The monoisotopic (exact) mass is 282 g/mol. The Morgan fingerprint density at radius 1 is 1.20 bits per heavy atom. The Morgan fingerprint density at radius 2 is 1.80 bits per heavy atom. The molecule has 1 N–H and O–H groups in total. The summed E-state index contributed by atoms with van der Waals surface area (Å²) in [7, 11) is 0. The van der Waals surface area contributed by atoms with Gasteiger partial charge in [0.2, 0.25) is 0 Å². The largest absolute Gasteiger partial charge is 0.390 e. The van der Waals surface area contributed by atoms with Crippen LogP contribution in [-0.2, 0) is 0 Å². The van der Waals surface area contributed by atoms with E-state index < -0.39 is 5.60 Å². The molecular formula is C17H34N2O. The maximum Gasteiger partial charge on any atom is 0.0644 e. The minimum Gasteiger partial charge on any atom is -0.390 e. The van der Waals surface area contributed by atoms with Crippen LogP contribution in [0.4, 0.5) is 0 Å². The molecule has 0 bridgehead atoms.